The summed E-state index contributed by atoms with van der Waals surface area (Å²) >= 11 is 0. The molecule has 0 aliphatic carbocycles. The number of fused-ring (bicyclic) bond motifs is 3. The summed E-state index contributed by atoms with van der Waals surface area (Å²) in [7, 11) is 0.808. The van der Waals surface area contributed by atoms with Crippen LogP contribution in [0.5, 0.6) is 5.75 Å². The highest BCUT2D eigenvalue weighted by Crippen LogP contribution is 2.40. The molecule has 2 aliphatic rings. The van der Waals surface area contributed by atoms with Crippen LogP contribution in [0.2, 0.25) is 0 Å². The Balaban J connectivity index is 1.61. The Morgan fingerprint density at radius 2 is 1.94 bits per heavy atom. The second kappa shape index (κ2) is 9.63. The van der Waals surface area contributed by atoms with Gasteiger partial charge in [0.1, 0.15) is 18.3 Å². The highest BCUT2D eigenvalue weighted by Gasteiger charge is 2.40. The molecule has 0 saturated carbocycles. The molecule has 2 aliphatic heterocycles. The predicted octanol–water partition coefficient (Wildman–Crippen LogP) is 1.97. The maximum absolute atomic E-state index is 13.4. The van der Waals surface area contributed by atoms with Crippen molar-refractivity contribution in [1.82, 2.24) is 9.62 Å². The van der Waals surface area contributed by atoms with Crippen molar-refractivity contribution in [3.8, 4) is 5.75 Å². The van der Waals surface area contributed by atoms with Gasteiger partial charge in [-0.15, -0.1) is 0 Å². The van der Waals surface area contributed by atoms with Crippen LogP contribution in [0.1, 0.15) is 24.8 Å². The van der Waals surface area contributed by atoms with E-state index in [0.29, 0.717) is 17.9 Å². The molecule has 10 heteroatoms. The smallest absolute Gasteiger partial charge is 0.250 e. The van der Waals surface area contributed by atoms with E-state index in [1.165, 1.54) is 25.1 Å². The van der Waals surface area contributed by atoms with Gasteiger partial charge in [-0.2, -0.15) is 0 Å². The lowest BCUT2D eigenvalue weighted by Gasteiger charge is -2.45. The number of nitrogens with one attached hydrogen (secondary N) is 1. The van der Waals surface area contributed by atoms with Crippen molar-refractivity contribution in [2.45, 2.75) is 36.7 Å². The van der Waals surface area contributed by atoms with Crippen molar-refractivity contribution in [2.24, 2.45) is 0 Å². The van der Waals surface area contributed by atoms with E-state index in [1.807, 2.05) is 29.2 Å². The first-order chi connectivity index (χ1) is 16.2. The zero-order valence-electron chi connectivity index (χ0n) is 19.7. The highest BCUT2D eigenvalue weighted by molar-refractivity contribution is 7.89. The number of hydrogen-bond acceptors (Lipinski definition) is 6. The molecule has 1 N–H and O–H groups in total. The largest absolute Gasteiger partial charge is 0.497 e. The minimum atomic E-state index is -3.70. The second-order valence-electron chi connectivity index (χ2n) is 8.70. The molecule has 34 heavy (non-hydrogen) atoms. The Bertz CT molecular complexity index is 1200. The van der Waals surface area contributed by atoms with E-state index in [9.17, 15) is 18.0 Å². The van der Waals surface area contributed by atoms with E-state index in [0.717, 1.165) is 34.9 Å². The average Bonchev–Trinajstić information content (AvgIpc) is 2.85. The molecule has 2 heterocycles. The lowest BCUT2D eigenvalue weighted by Crippen LogP contribution is -2.57. The number of carbonyl (C=O) groups excluding carboxylic acids is 2. The molecule has 2 aromatic carbocycles. The third-order valence-electron chi connectivity index (χ3n) is 6.31. The topological polar surface area (TPSA) is 99.3 Å². The van der Waals surface area contributed by atoms with E-state index >= 15 is 0 Å². The molecule has 0 unspecified atom stereocenters. The number of rotatable bonds is 7. The number of amides is 2. The third-order valence-corrected chi connectivity index (χ3v) is 8.12. The fourth-order valence-electron chi connectivity index (χ4n) is 4.45. The first kappa shape index (κ1) is 24.0. The zero-order chi connectivity index (χ0) is 24.5. The monoisotopic (exact) mass is 486 g/mol. The van der Waals surface area contributed by atoms with Crippen LogP contribution in [0.25, 0.3) is 0 Å². The normalized spacial score (nSPS) is 17.9. The van der Waals surface area contributed by atoms with Gasteiger partial charge < -0.3 is 15.0 Å². The highest BCUT2D eigenvalue weighted by atomic mass is 32.2. The molecule has 1 fully saturated rings. The average molecular weight is 487 g/mol. The predicted molar refractivity (Wildman–Crippen MR) is 129 cm³/mol. The van der Waals surface area contributed by atoms with Crippen LogP contribution < -0.4 is 19.9 Å². The maximum atomic E-state index is 13.4. The van der Waals surface area contributed by atoms with Crippen LogP contribution in [-0.2, 0) is 26.2 Å². The van der Waals surface area contributed by atoms with Gasteiger partial charge in [0.2, 0.25) is 21.8 Å². The number of hydrogen-bond donors (Lipinski definition) is 1. The van der Waals surface area contributed by atoms with Crippen molar-refractivity contribution in [3.63, 3.8) is 0 Å². The van der Waals surface area contributed by atoms with Crippen molar-refractivity contribution < 1.29 is 22.7 Å². The van der Waals surface area contributed by atoms with Gasteiger partial charge in [0.15, 0.2) is 0 Å². The number of anilines is 2. The molecule has 9 nitrogen and oxygen atoms in total. The summed E-state index contributed by atoms with van der Waals surface area (Å²) in [6, 6.07) is 11.8. The molecule has 4 rings (SSSR count). The van der Waals surface area contributed by atoms with Crippen LogP contribution in [0, 0.1) is 0 Å². The Labute approximate surface area is 200 Å². The van der Waals surface area contributed by atoms with Crippen LogP contribution in [0.4, 0.5) is 11.4 Å². The molecule has 0 spiro atoms. The summed E-state index contributed by atoms with van der Waals surface area (Å²) in [6.07, 6.45) is 2.60. The molecular formula is C24H30N4O5S. The summed E-state index contributed by atoms with van der Waals surface area (Å²) in [6.45, 7) is 0.820. The van der Waals surface area contributed by atoms with Gasteiger partial charge in [0.25, 0.3) is 0 Å². The molecule has 1 saturated heterocycles. The first-order valence-corrected chi connectivity index (χ1v) is 12.7. The molecule has 2 aromatic rings. The quantitative estimate of drug-likeness (QED) is 0.643. The molecule has 0 bridgehead atoms. The van der Waals surface area contributed by atoms with Gasteiger partial charge in [-0.3, -0.25) is 14.5 Å². The lowest BCUT2D eigenvalue weighted by atomic mass is 9.96. The van der Waals surface area contributed by atoms with Crippen LogP contribution in [0.3, 0.4) is 0 Å². The summed E-state index contributed by atoms with van der Waals surface area (Å²) in [5, 5.41) is 2.86. The second-order valence-corrected chi connectivity index (χ2v) is 10.8. The fourth-order valence-corrected chi connectivity index (χ4v) is 5.38. The van der Waals surface area contributed by atoms with Gasteiger partial charge in [0, 0.05) is 27.2 Å². The lowest BCUT2D eigenvalue weighted by molar-refractivity contribution is -0.125. The summed E-state index contributed by atoms with van der Waals surface area (Å²) < 4.78 is 31.8. The minimum Gasteiger partial charge on any atom is -0.497 e. The van der Waals surface area contributed by atoms with Crippen LogP contribution >= 0.6 is 0 Å². The number of sulfonamides is 1. The Morgan fingerprint density at radius 3 is 2.68 bits per heavy atom. The van der Waals surface area contributed by atoms with E-state index in [-0.39, 0.29) is 35.8 Å². The summed E-state index contributed by atoms with van der Waals surface area (Å²) in [5.41, 5.74) is 2.10. The van der Waals surface area contributed by atoms with Gasteiger partial charge in [0.05, 0.1) is 23.4 Å². The third kappa shape index (κ3) is 4.60. The van der Waals surface area contributed by atoms with E-state index in [1.54, 1.807) is 19.2 Å². The van der Waals surface area contributed by atoms with Gasteiger partial charge in [-0.05, 0) is 55.2 Å². The van der Waals surface area contributed by atoms with E-state index in [4.69, 9.17) is 4.74 Å². The first-order valence-electron chi connectivity index (χ1n) is 11.3. The van der Waals surface area contributed by atoms with Gasteiger partial charge in [-0.25, -0.2) is 12.7 Å². The molecular weight excluding hydrogens is 456 g/mol. The van der Waals surface area contributed by atoms with Crippen molar-refractivity contribution in [1.29, 1.82) is 0 Å². The number of nitrogens with zero attached hydrogens (tertiary/aromatic N) is 3. The number of benzene rings is 2. The SMILES string of the molecule is COc1cccc(CNC(=O)CN2C(=O)[C@@H]3CCCCN3c3ccc(S(=O)(=O)N(C)C)cc32)c1. The minimum absolute atomic E-state index is 0.0845. The van der Waals surface area contributed by atoms with Crippen molar-refractivity contribution in [3.05, 3.63) is 48.0 Å². The molecule has 182 valence electrons. The summed E-state index contributed by atoms with van der Waals surface area (Å²) in [5.74, 6) is 0.189. The molecule has 2 amide bonds. The maximum Gasteiger partial charge on any atom is 0.250 e. The van der Waals surface area contributed by atoms with Gasteiger partial charge in [-0.1, -0.05) is 12.1 Å². The van der Waals surface area contributed by atoms with Gasteiger partial charge >= 0.3 is 0 Å². The fraction of sp³-hybridized carbons (Fsp3) is 0.417. The van der Waals surface area contributed by atoms with E-state index in [2.05, 4.69) is 5.32 Å². The van der Waals surface area contributed by atoms with Crippen LogP contribution in [0.15, 0.2) is 47.4 Å². The Kier molecular flexibility index (Phi) is 6.81. The summed E-state index contributed by atoms with van der Waals surface area (Å²) in [4.78, 5) is 29.9. The van der Waals surface area contributed by atoms with Crippen molar-refractivity contribution >= 4 is 33.2 Å². The number of ether oxygens (including phenoxy) is 1. The van der Waals surface area contributed by atoms with Crippen molar-refractivity contribution in [2.75, 3.05) is 44.1 Å². The molecule has 0 radical (unpaired) electrons. The van der Waals surface area contributed by atoms with Crippen LogP contribution in [-0.4, -0.2) is 64.9 Å². The van der Waals surface area contributed by atoms with E-state index < -0.39 is 10.0 Å². The Morgan fingerprint density at radius 1 is 1.15 bits per heavy atom. The standard InChI is InChI=1S/C24H30N4O5S/c1-26(2)34(31,32)19-10-11-20-22(14-19)28(24(30)21-9-4-5-12-27(20)21)16-23(29)25-15-17-7-6-8-18(13-17)33-3/h6-8,10-11,13-14,21H,4-5,9,12,15-16H2,1-3H3,(H,25,29)/t21-/m0/s1. The number of piperidine rings is 1. The molecule has 0 aromatic heterocycles. The zero-order valence-corrected chi connectivity index (χ0v) is 20.5. The number of carbonyl (C=O) groups is 2. The molecule has 1 atom stereocenters. The number of methoxy groups -OCH3 is 1. The Hall–Kier alpha value is -3.11.